The molecule has 6 heteroatoms. The van der Waals surface area contributed by atoms with Crippen LogP contribution in [0.2, 0.25) is 0 Å². The maximum Gasteiger partial charge on any atom is 0.313 e. The normalized spacial score (nSPS) is 23.0. The van der Waals surface area contributed by atoms with Crippen LogP contribution in [0.4, 0.5) is 5.69 Å². The molecule has 132 valence electrons. The monoisotopic (exact) mass is 340 g/mol. The van der Waals surface area contributed by atoms with E-state index in [4.69, 9.17) is 0 Å². The minimum Gasteiger partial charge on any atom is -0.327 e. The van der Waals surface area contributed by atoms with E-state index in [2.05, 4.69) is 23.2 Å². The van der Waals surface area contributed by atoms with E-state index in [9.17, 15) is 14.9 Å². The van der Waals surface area contributed by atoms with Gasteiger partial charge in [0.05, 0.1) is 11.3 Å². The first-order valence-electron chi connectivity index (χ1n) is 8.90. The first-order chi connectivity index (χ1) is 12.0. The number of aryl methyl sites for hydroxylation is 1. The Labute approximate surface area is 148 Å². The molecule has 1 aromatic rings. The molecule has 0 spiro atoms. The highest BCUT2D eigenvalue weighted by atomic mass is 16.2. The van der Waals surface area contributed by atoms with Gasteiger partial charge in [-0.25, -0.2) is 0 Å². The summed E-state index contributed by atoms with van der Waals surface area (Å²) in [6.07, 6.45) is 2.83. The van der Waals surface area contributed by atoms with Gasteiger partial charge in [0, 0.05) is 25.2 Å². The number of fused-ring (bicyclic) bond motifs is 2. The summed E-state index contributed by atoms with van der Waals surface area (Å²) >= 11 is 0. The van der Waals surface area contributed by atoms with Gasteiger partial charge in [-0.15, -0.1) is 0 Å². The fourth-order valence-electron chi connectivity index (χ4n) is 3.98. The van der Waals surface area contributed by atoms with Gasteiger partial charge < -0.3 is 15.1 Å². The molecule has 2 bridgehead atoms. The van der Waals surface area contributed by atoms with Gasteiger partial charge in [-0.05, 0) is 44.4 Å². The summed E-state index contributed by atoms with van der Waals surface area (Å²) in [6.45, 7) is 6.70. The molecule has 2 aliphatic rings. The van der Waals surface area contributed by atoms with Gasteiger partial charge in [-0.2, -0.15) is 5.26 Å². The minimum absolute atomic E-state index is 0.110. The number of amides is 2. The Balaban J connectivity index is 1.76. The van der Waals surface area contributed by atoms with E-state index in [0.29, 0.717) is 11.3 Å². The summed E-state index contributed by atoms with van der Waals surface area (Å²) in [4.78, 5) is 29.5. The van der Waals surface area contributed by atoms with Crippen LogP contribution in [0.1, 0.15) is 37.3 Å². The molecule has 2 fully saturated rings. The summed E-state index contributed by atoms with van der Waals surface area (Å²) in [7, 11) is 0. The molecule has 2 heterocycles. The lowest BCUT2D eigenvalue weighted by Crippen LogP contribution is -2.47. The van der Waals surface area contributed by atoms with E-state index >= 15 is 0 Å². The molecule has 25 heavy (non-hydrogen) atoms. The second-order valence-electron chi connectivity index (χ2n) is 6.84. The van der Waals surface area contributed by atoms with Crippen LogP contribution in [0.5, 0.6) is 0 Å². The van der Waals surface area contributed by atoms with Gasteiger partial charge in [0.1, 0.15) is 6.07 Å². The van der Waals surface area contributed by atoms with Crippen LogP contribution in [-0.4, -0.2) is 53.3 Å². The van der Waals surface area contributed by atoms with Crippen molar-refractivity contribution in [2.45, 2.75) is 45.2 Å². The van der Waals surface area contributed by atoms with E-state index in [0.717, 1.165) is 44.5 Å². The van der Waals surface area contributed by atoms with E-state index in [1.54, 1.807) is 17.0 Å². The molecule has 0 aliphatic carbocycles. The molecule has 2 amide bonds. The summed E-state index contributed by atoms with van der Waals surface area (Å²) in [5.41, 5.74) is 1.58. The zero-order chi connectivity index (χ0) is 18.0. The number of benzene rings is 1. The molecule has 2 atom stereocenters. The Morgan fingerprint density at radius 2 is 2.04 bits per heavy atom. The zero-order valence-corrected chi connectivity index (χ0v) is 14.8. The Kier molecular flexibility index (Phi) is 5.05. The number of likely N-dealkylation sites (tertiary alicyclic amines) is 1. The summed E-state index contributed by atoms with van der Waals surface area (Å²) in [6, 6.07) is 7.59. The lowest BCUT2D eigenvalue weighted by Gasteiger charge is -2.28. The van der Waals surface area contributed by atoms with Crippen molar-refractivity contribution >= 4 is 17.5 Å². The van der Waals surface area contributed by atoms with Crippen LogP contribution in [0, 0.1) is 18.3 Å². The van der Waals surface area contributed by atoms with E-state index in [-0.39, 0.29) is 12.1 Å². The molecule has 0 aromatic heterocycles. The molecule has 0 unspecified atom stereocenters. The van der Waals surface area contributed by atoms with Gasteiger partial charge in [0.15, 0.2) is 0 Å². The number of rotatable bonds is 2. The predicted molar refractivity (Wildman–Crippen MR) is 94.9 cm³/mol. The largest absolute Gasteiger partial charge is 0.327 e. The van der Waals surface area contributed by atoms with Crippen LogP contribution < -0.4 is 5.32 Å². The molecular weight excluding hydrogens is 316 g/mol. The number of carbonyl (C=O) groups excluding carboxylic acids is 2. The molecule has 1 N–H and O–H groups in total. The quantitative estimate of drug-likeness (QED) is 0.834. The van der Waals surface area contributed by atoms with Crippen molar-refractivity contribution in [3.05, 3.63) is 29.3 Å². The predicted octanol–water partition coefficient (Wildman–Crippen LogP) is 1.89. The first-order valence-corrected chi connectivity index (χ1v) is 8.90. The number of nitriles is 1. The smallest absolute Gasteiger partial charge is 0.313 e. The van der Waals surface area contributed by atoms with Crippen LogP contribution in [-0.2, 0) is 9.59 Å². The fourth-order valence-corrected chi connectivity index (χ4v) is 3.98. The van der Waals surface area contributed by atoms with Crippen molar-refractivity contribution in [2.75, 3.05) is 25.0 Å². The summed E-state index contributed by atoms with van der Waals surface area (Å²) in [5.74, 6) is -1.13. The van der Waals surface area contributed by atoms with E-state index < -0.39 is 11.8 Å². The van der Waals surface area contributed by atoms with Crippen molar-refractivity contribution in [2.24, 2.45) is 0 Å². The molecule has 2 saturated heterocycles. The molecule has 0 radical (unpaired) electrons. The number of hydrogen-bond acceptors (Lipinski definition) is 4. The van der Waals surface area contributed by atoms with Crippen molar-refractivity contribution in [1.29, 1.82) is 5.26 Å². The first kappa shape index (κ1) is 17.4. The Morgan fingerprint density at radius 1 is 1.28 bits per heavy atom. The van der Waals surface area contributed by atoms with Gasteiger partial charge in [-0.1, -0.05) is 19.1 Å². The molecule has 3 rings (SSSR count). The Bertz CT molecular complexity index is 725. The highest BCUT2D eigenvalue weighted by Crippen LogP contribution is 2.30. The van der Waals surface area contributed by atoms with Gasteiger partial charge in [-0.3, -0.25) is 9.59 Å². The zero-order valence-electron chi connectivity index (χ0n) is 14.8. The lowest BCUT2D eigenvalue weighted by atomic mass is 10.1. The third-order valence-corrected chi connectivity index (χ3v) is 5.38. The fraction of sp³-hybridized carbons (Fsp3) is 0.526. The number of nitrogens with zero attached hydrogens (tertiary/aromatic N) is 3. The summed E-state index contributed by atoms with van der Waals surface area (Å²) in [5, 5.41) is 11.9. The van der Waals surface area contributed by atoms with Crippen LogP contribution in [0.25, 0.3) is 0 Å². The molecule has 0 saturated carbocycles. The number of nitrogens with one attached hydrogen (secondary N) is 1. The highest BCUT2D eigenvalue weighted by molar-refractivity contribution is 6.39. The van der Waals surface area contributed by atoms with Crippen LogP contribution >= 0.6 is 0 Å². The van der Waals surface area contributed by atoms with Gasteiger partial charge in [0.2, 0.25) is 0 Å². The lowest BCUT2D eigenvalue weighted by molar-refractivity contribution is -0.145. The number of carbonyl (C=O) groups is 2. The third-order valence-electron chi connectivity index (χ3n) is 5.38. The summed E-state index contributed by atoms with van der Waals surface area (Å²) < 4.78 is 0. The second kappa shape index (κ2) is 7.24. The van der Waals surface area contributed by atoms with E-state index in [1.807, 2.05) is 13.0 Å². The molecular formula is C19H24N4O2. The SMILES string of the molecule is CCN1CC[C@H]2CC[C@@H](C1)N2C(=O)C(=O)Nc1cccc(C)c1C#N. The van der Waals surface area contributed by atoms with Gasteiger partial charge in [0.25, 0.3) is 0 Å². The molecule has 1 aromatic carbocycles. The topological polar surface area (TPSA) is 76.4 Å². The van der Waals surface area contributed by atoms with E-state index in [1.165, 1.54) is 0 Å². The second-order valence-corrected chi connectivity index (χ2v) is 6.84. The number of likely N-dealkylation sites (N-methyl/N-ethyl adjacent to an activating group) is 1. The number of anilines is 1. The minimum atomic E-state index is -0.649. The maximum atomic E-state index is 12.8. The standard InChI is InChI=1S/C19H24N4O2/c1-3-22-10-9-14-7-8-15(12-22)23(14)19(25)18(24)21-17-6-4-5-13(2)16(17)11-20/h4-6,14-15H,3,7-10,12H2,1-2H3,(H,21,24)/t14-,15+/m1/s1. The maximum absolute atomic E-state index is 12.8. The van der Waals surface area contributed by atoms with Gasteiger partial charge >= 0.3 is 11.8 Å². The average Bonchev–Trinajstić information content (AvgIpc) is 2.89. The van der Waals surface area contributed by atoms with Crippen LogP contribution in [0.3, 0.4) is 0 Å². The van der Waals surface area contributed by atoms with Crippen molar-refractivity contribution < 1.29 is 9.59 Å². The van der Waals surface area contributed by atoms with Crippen molar-refractivity contribution in [3.63, 3.8) is 0 Å². The Morgan fingerprint density at radius 3 is 2.76 bits per heavy atom. The highest BCUT2D eigenvalue weighted by Gasteiger charge is 2.41. The molecule has 6 nitrogen and oxygen atoms in total. The Hall–Kier alpha value is -2.39. The average molecular weight is 340 g/mol. The third kappa shape index (κ3) is 3.38. The van der Waals surface area contributed by atoms with Crippen molar-refractivity contribution in [3.8, 4) is 6.07 Å². The van der Waals surface area contributed by atoms with Crippen LogP contribution in [0.15, 0.2) is 18.2 Å². The van der Waals surface area contributed by atoms with Crippen molar-refractivity contribution in [1.82, 2.24) is 9.80 Å². The molecule has 2 aliphatic heterocycles. The number of hydrogen-bond donors (Lipinski definition) is 1.